The molecule has 146 valence electrons. The highest BCUT2D eigenvalue weighted by Gasteiger charge is 2.08. The summed E-state index contributed by atoms with van der Waals surface area (Å²) in [5.41, 5.74) is 3.15. The Balaban J connectivity index is 1.45. The second-order valence-corrected chi connectivity index (χ2v) is 7.43. The molecule has 0 spiro atoms. The lowest BCUT2D eigenvalue weighted by molar-refractivity contribution is 0.760. The number of aromatic nitrogens is 2. The van der Waals surface area contributed by atoms with Gasteiger partial charge in [-0.25, -0.2) is 4.98 Å². The lowest BCUT2D eigenvalue weighted by atomic mass is 10.0. The van der Waals surface area contributed by atoms with Gasteiger partial charge in [-0.05, 0) is 34.7 Å². The first-order chi connectivity index (χ1) is 14.2. The van der Waals surface area contributed by atoms with Crippen LogP contribution in [0.1, 0.15) is 23.2 Å². The maximum atomic E-state index is 12.2. The number of anilines is 1. The van der Waals surface area contributed by atoms with Crippen LogP contribution in [0.5, 0.6) is 0 Å². The first-order valence-corrected chi connectivity index (χ1v) is 10.0. The van der Waals surface area contributed by atoms with Crippen molar-refractivity contribution < 1.29 is 0 Å². The van der Waals surface area contributed by atoms with Crippen LogP contribution >= 0.6 is 0 Å². The van der Waals surface area contributed by atoms with Crippen LogP contribution in [0.2, 0.25) is 0 Å². The minimum Gasteiger partial charge on any atom is -0.345 e. The van der Waals surface area contributed by atoms with Crippen molar-refractivity contribution in [3.8, 4) is 0 Å². The van der Waals surface area contributed by atoms with E-state index in [1.54, 1.807) is 6.07 Å². The van der Waals surface area contributed by atoms with Crippen molar-refractivity contribution in [1.29, 1.82) is 0 Å². The summed E-state index contributed by atoms with van der Waals surface area (Å²) in [4.78, 5) is 21.8. The quantitative estimate of drug-likeness (QED) is 0.508. The molecule has 0 aliphatic rings. The number of aromatic amines is 1. The van der Waals surface area contributed by atoms with Crippen LogP contribution in [-0.4, -0.2) is 23.6 Å². The average Bonchev–Trinajstić information content (AvgIpc) is 2.74. The fourth-order valence-corrected chi connectivity index (χ4v) is 3.59. The Labute approximate surface area is 170 Å². The van der Waals surface area contributed by atoms with Crippen LogP contribution in [-0.2, 0) is 12.8 Å². The van der Waals surface area contributed by atoms with Crippen LogP contribution in [0, 0.1) is 0 Å². The van der Waals surface area contributed by atoms with E-state index in [0.717, 1.165) is 30.6 Å². The zero-order valence-corrected chi connectivity index (χ0v) is 16.6. The predicted octanol–water partition coefficient (Wildman–Crippen LogP) is 4.58. The topological polar surface area (TPSA) is 49.0 Å². The van der Waals surface area contributed by atoms with Crippen molar-refractivity contribution in [1.82, 2.24) is 9.97 Å². The summed E-state index contributed by atoms with van der Waals surface area (Å²) in [6.07, 6.45) is 2.64. The standard InChI is InChI=1S/C25H25N3O/c1-28(15-7-10-19-8-3-2-4-9-19)25-26-23(18-24(29)27-25)17-20-13-14-21-11-5-6-12-22(21)16-20/h2-6,8-9,11-14,16,18H,7,10,15,17H2,1H3,(H,26,27,29). The molecular weight excluding hydrogens is 358 g/mol. The summed E-state index contributed by atoms with van der Waals surface area (Å²) in [6, 6.07) is 26.7. The molecule has 0 saturated heterocycles. The van der Waals surface area contributed by atoms with Crippen LogP contribution in [0.15, 0.2) is 83.7 Å². The maximum Gasteiger partial charge on any atom is 0.252 e. The lowest BCUT2D eigenvalue weighted by Crippen LogP contribution is -2.25. The largest absolute Gasteiger partial charge is 0.345 e. The van der Waals surface area contributed by atoms with Gasteiger partial charge in [0.05, 0.1) is 5.69 Å². The van der Waals surface area contributed by atoms with Crippen molar-refractivity contribution in [3.05, 3.63) is 106 Å². The summed E-state index contributed by atoms with van der Waals surface area (Å²) < 4.78 is 0. The number of hydrogen-bond acceptors (Lipinski definition) is 3. The average molecular weight is 383 g/mol. The molecule has 1 N–H and O–H groups in total. The van der Waals surface area contributed by atoms with E-state index in [0.29, 0.717) is 12.4 Å². The molecule has 0 bridgehead atoms. The number of H-pyrrole nitrogens is 1. The van der Waals surface area contributed by atoms with Crippen molar-refractivity contribution in [2.45, 2.75) is 19.3 Å². The summed E-state index contributed by atoms with van der Waals surface area (Å²) in [6.45, 7) is 0.831. The number of nitrogens with zero attached hydrogens (tertiary/aromatic N) is 2. The Bertz CT molecular complexity index is 1150. The predicted molar refractivity (Wildman–Crippen MR) is 120 cm³/mol. The Kier molecular flexibility index (Phi) is 5.71. The van der Waals surface area contributed by atoms with E-state index < -0.39 is 0 Å². The molecule has 0 radical (unpaired) electrons. The van der Waals surface area contributed by atoms with Gasteiger partial charge in [0.15, 0.2) is 0 Å². The van der Waals surface area contributed by atoms with E-state index >= 15 is 0 Å². The lowest BCUT2D eigenvalue weighted by Gasteiger charge is -2.18. The molecule has 0 fully saturated rings. The van der Waals surface area contributed by atoms with Gasteiger partial charge in [0, 0.05) is 26.1 Å². The molecule has 1 heterocycles. The fourth-order valence-electron chi connectivity index (χ4n) is 3.59. The van der Waals surface area contributed by atoms with Crippen LogP contribution in [0.25, 0.3) is 10.8 Å². The highest BCUT2D eigenvalue weighted by atomic mass is 16.1. The highest BCUT2D eigenvalue weighted by molar-refractivity contribution is 5.83. The second-order valence-electron chi connectivity index (χ2n) is 7.43. The molecule has 0 saturated carbocycles. The van der Waals surface area contributed by atoms with Gasteiger partial charge in [0.1, 0.15) is 0 Å². The van der Waals surface area contributed by atoms with Crippen LogP contribution < -0.4 is 10.5 Å². The van der Waals surface area contributed by atoms with E-state index in [2.05, 4.69) is 59.6 Å². The van der Waals surface area contributed by atoms with Gasteiger partial charge in [-0.3, -0.25) is 9.78 Å². The summed E-state index contributed by atoms with van der Waals surface area (Å²) in [5.74, 6) is 0.626. The van der Waals surface area contributed by atoms with Crippen molar-refractivity contribution in [2.24, 2.45) is 0 Å². The SMILES string of the molecule is CN(CCCc1ccccc1)c1nc(Cc2ccc3ccccc3c2)cc(=O)[nH]1. The van der Waals surface area contributed by atoms with E-state index in [1.807, 2.05) is 30.1 Å². The van der Waals surface area contributed by atoms with Gasteiger partial charge in [0.2, 0.25) is 5.95 Å². The summed E-state index contributed by atoms with van der Waals surface area (Å²) in [7, 11) is 1.98. The molecule has 0 amide bonds. The second kappa shape index (κ2) is 8.74. The summed E-state index contributed by atoms with van der Waals surface area (Å²) in [5, 5.41) is 2.42. The minimum absolute atomic E-state index is 0.110. The summed E-state index contributed by atoms with van der Waals surface area (Å²) >= 11 is 0. The van der Waals surface area contributed by atoms with Crippen molar-refractivity contribution in [2.75, 3.05) is 18.5 Å². The molecule has 29 heavy (non-hydrogen) atoms. The van der Waals surface area contributed by atoms with Crippen molar-refractivity contribution >= 4 is 16.7 Å². The van der Waals surface area contributed by atoms with E-state index in [9.17, 15) is 4.79 Å². The molecule has 3 aromatic carbocycles. The number of nitrogens with one attached hydrogen (secondary N) is 1. The monoisotopic (exact) mass is 383 g/mol. The minimum atomic E-state index is -0.110. The molecular formula is C25H25N3O. The highest BCUT2D eigenvalue weighted by Crippen LogP contribution is 2.18. The smallest absolute Gasteiger partial charge is 0.252 e. The first-order valence-electron chi connectivity index (χ1n) is 10.0. The molecule has 4 rings (SSSR count). The van der Waals surface area contributed by atoms with Gasteiger partial charge >= 0.3 is 0 Å². The molecule has 0 unspecified atom stereocenters. The van der Waals surface area contributed by atoms with Crippen LogP contribution in [0.3, 0.4) is 0 Å². The van der Waals surface area contributed by atoms with Gasteiger partial charge in [-0.2, -0.15) is 0 Å². The van der Waals surface area contributed by atoms with Gasteiger partial charge in [-0.15, -0.1) is 0 Å². The third kappa shape index (κ3) is 4.91. The number of hydrogen-bond donors (Lipinski definition) is 1. The number of rotatable bonds is 7. The van der Waals surface area contributed by atoms with E-state index in [1.165, 1.54) is 16.3 Å². The first kappa shape index (κ1) is 18.9. The van der Waals surface area contributed by atoms with Crippen LogP contribution in [0.4, 0.5) is 5.95 Å². The molecule has 0 atom stereocenters. The molecule has 0 aliphatic carbocycles. The number of fused-ring (bicyclic) bond motifs is 1. The van der Waals surface area contributed by atoms with Crippen molar-refractivity contribution in [3.63, 3.8) is 0 Å². The zero-order chi connectivity index (χ0) is 20.1. The van der Waals surface area contributed by atoms with E-state index in [-0.39, 0.29) is 5.56 Å². The van der Waals surface area contributed by atoms with Gasteiger partial charge in [0.25, 0.3) is 5.56 Å². The Morgan fingerprint density at radius 1 is 0.862 bits per heavy atom. The molecule has 1 aromatic heterocycles. The third-order valence-electron chi connectivity index (χ3n) is 5.14. The molecule has 0 aliphatic heterocycles. The fraction of sp³-hybridized carbons (Fsp3) is 0.200. The molecule has 4 heteroatoms. The number of benzene rings is 3. The number of aryl methyl sites for hydroxylation is 1. The molecule has 4 aromatic rings. The maximum absolute atomic E-state index is 12.2. The van der Waals surface area contributed by atoms with Gasteiger partial charge in [-0.1, -0.05) is 72.8 Å². The normalized spacial score (nSPS) is 10.9. The Morgan fingerprint density at radius 3 is 2.45 bits per heavy atom. The van der Waals surface area contributed by atoms with Gasteiger partial charge < -0.3 is 4.90 Å². The zero-order valence-electron chi connectivity index (χ0n) is 16.6. The Hall–Kier alpha value is -3.40. The molecule has 4 nitrogen and oxygen atoms in total. The van der Waals surface area contributed by atoms with E-state index in [4.69, 9.17) is 4.98 Å². The Morgan fingerprint density at radius 2 is 1.62 bits per heavy atom. The third-order valence-corrected chi connectivity index (χ3v) is 5.14.